The van der Waals surface area contributed by atoms with E-state index in [1.165, 1.54) is 26.7 Å². The molecule has 18 heavy (non-hydrogen) atoms. The van der Waals surface area contributed by atoms with Crippen LogP contribution in [0.4, 0.5) is 0 Å². The van der Waals surface area contributed by atoms with Gasteiger partial charge in [0.05, 0.1) is 6.54 Å². The van der Waals surface area contributed by atoms with E-state index in [-0.39, 0.29) is 11.8 Å². The molecule has 0 bridgehead atoms. The lowest BCUT2D eigenvalue weighted by molar-refractivity contribution is 0.201. The molecule has 0 fully saturated rings. The normalized spacial score (nSPS) is 17.6. The van der Waals surface area contributed by atoms with E-state index in [0.29, 0.717) is 6.54 Å². The van der Waals surface area contributed by atoms with Crippen LogP contribution in [0.5, 0.6) is 5.75 Å². The molecule has 3 rings (SSSR count). The molecule has 0 aliphatic carbocycles. The molecule has 0 saturated carbocycles. The van der Waals surface area contributed by atoms with Crippen molar-refractivity contribution >= 4 is 0 Å². The number of benzene rings is 1. The summed E-state index contributed by atoms with van der Waals surface area (Å²) in [5.74, 6) is 0.926. The van der Waals surface area contributed by atoms with Crippen molar-refractivity contribution in [2.24, 2.45) is 7.05 Å². The Balaban J connectivity index is 1.79. The summed E-state index contributed by atoms with van der Waals surface area (Å²) in [5.41, 5.74) is 2.34. The number of hydrogen-bond donors (Lipinski definition) is 0. The minimum atomic E-state index is -0.106. The Morgan fingerprint density at radius 3 is 3.06 bits per heavy atom. The van der Waals surface area contributed by atoms with Crippen molar-refractivity contribution in [3.8, 4) is 5.75 Å². The molecule has 94 valence electrons. The lowest BCUT2D eigenvalue weighted by Crippen LogP contribution is -2.30. The third-order valence-electron chi connectivity index (χ3n) is 3.22. The molecule has 0 N–H and O–H groups in total. The Hall–Kier alpha value is -2.04. The SMILES string of the molecule is Cc1ccc2c(c1)CC(Cn1ncn(C)c1=O)O2. The summed E-state index contributed by atoms with van der Waals surface area (Å²) in [5, 5.41) is 4.05. The zero-order chi connectivity index (χ0) is 12.7. The highest BCUT2D eigenvalue weighted by Gasteiger charge is 2.24. The van der Waals surface area contributed by atoms with E-state index in [2.05, 4.69) is 18.1 Å². The lowest BCUT2D eigenvalue weighted by Gasteiger charge is -2.09. The van der Waals surface area contributed by atoms with Gasteiger partial charge in [0, 0.05) is 13.5 Å². The van der Waals surface area contributed by atoms with Crippen molar-refractivity contribution < 1.29 is 4.74 Å². The lowest BCUT2D eigenvalue weighted by atomic mass is 10.1. The molecular weight excluding hydrogens is 230 g/mol. The topological polar surface area (TPSA) is 49.0 Å². The van der Waals surface area contributed by atoms with Gasteiger partial charge in [-0.3, -0.25) is 4.57 Å². The fourth-order valence-electron chi connectivity index (χ4n) is 2.29. The van der Waals surface area contributed by atoms with Crippen LogP contribution < -0.4 is 10.4 Å². The number of hydrogen-bond acceptors (Lipinski definition) is 3. The molecule has 5 heteroatoms. The van der Waals surface area contributed by atoms with Crippen LogP contribution in [0, 0.1) is 6.92 Å². The largest absolute Gasteiger partial charge is 0.488 e. The second kappa shape index (κ2) is 4.01. The Morgan fingerprint density at radius 1 is 1.50 bits per heavy atom. The molecule has 2 heterocycles. The number of ether oxygens (including phenoxy) is 1. The minimum Gasteiger partial charge on any atom is -0.488 e. The van der Waals surface area contributed by atoms with Gasteiger partial charge in [-0.25, -0.2) is 9.48 Å². The number of nitrogens with zero attached hydrogens (tertiary/aromatic N) is 3. The number of aromatic nitrogens is 3. The van der Waals surface area contributed by atoms with Crippen molar-refractivity contribution in [1.29, 1.82) is 0 Å². The second-order valence-corrected chi connectivity index (χ2v) is 4.76. The van der Waals surface area contributed by atoms with Crippen LogP contribution in [0.15, 0.2) is 29.3 Å². The first-order valence-corrected chi connectivity index (χ1v) is 5.98. The van der Waals surface area contributed by atoms with E-state index >= 15 is 0 Å². The Labute approximate surface area is 105 Å². The third-order valence-corrected chi connectivity index (χ3v) is 3.22. The van der Waals surface area contributed by atoms with Crippen molar-refractivity contribution in [3.63, 3.8) is 0 Å². The molecule has 5 nitrogen and oxygen atoms in total. The van der Waals surface area contributed by atoms with Gasteiger partial charge < -0.3 is 4.74 Å². The molecule has 0 amide bonds. The van der Waals surface area contributed by atoms with Gasteiger partial charge in [-0.15, -0.1) is 0 Å². The zero-order valence-corrected chi connectivity index (χ0v) is 10.5. The smallest absolute Gasteiger partial charge is 0.345 e. The van der Waals surface area contributed by atoms with Crippen LogP contribution in [0.3, 0.4) is 0 Å². The first-order valence-electron chi connectivity index (χ1n) is 5.98. The van der Waals surface area contributed by atoms with Crippen LogP contribution >= 0.6 is 0 Å². The molecule has 0 spiro atoms. The van der Waals surface area contributed by atoms with Gasteiger partial charge in [-0.1, -0.05) is 17.7 Å². The minimum absolute atomic E-state index is 0.00519. The summed E-state index contributed by atoms with van der Waals surface area (Å²) >= 11 is 0. The van der Waals surface area contributed by atoms with Crippen LogP contribution in [0.1, 0.15) is 11.1 Å². The Morgan fingerprint density at radius 2 is 2.33 bits per heavy atom. The molecule has 1 aliphatic heterocycles. The maximum atomic E-state index is 11.7. The van der Waals surface area contributed by atoms with Crippen LogP contribution in [-0.2, 0) is 20.0 Å². The fourth-order valence-corrected chi connectivity index (χ4v) is 2.29. The summed E-state index contributed by atoms with van der Waals surface area (Å²) in [6.45, 7) is 2.56. The predicted molar refractivity (Wildman–Crippen MR) is 66.8 cm³/mol. The predicted octanol–water partition coefficient (Wildman–Crippen LogP) is 0.894. The van der Waals surface area contributed by atoms with E-state index in [4.69, 9.17) is 4.74 Å². The number of aryl methyl sites for hydroxylation is 2. The highest BCUT2D eigenvalue weighted by Crippen LogP contribution is 2.29. The summed E-state index contributed by atoms with van der Waals surface area (Å²) in [4.78, 5) is 11.7. The number of fused-ring (bicyclic) bond motifs is 1. The summed E-state index contributed by atoms with van der Waals surface area (Å²) in [7, 11) is 1.69. The molecule has 1 unspecified atom stereocenters. The van der Waals surface area contributed by atoms with E-state index < -0.39 is 0 Å². The van der Waals surface area contributed by atoms with Crippen LogP contribution in [0.25, 0.3) is 0 Å². The average Bonchev–Trinajstić information content (AvgIpc) is 2.86. The Kier molecular flexibility index (Phi) is 2.47. The van der Waals surface area contributed by atoms with Crippen LogP contribution in [-0.4, -0.2) is 20.5 Å². The standard InChI is InChI=1S/C13H15N3O2/c1-9-3-4-12-10(5-9)6-11(18-12)7-16-13(17)15(2)8-14-16/h3-5,8,11H,6-7H2,1-2H3. The van der Waals surface area contributed by atoms with Crippen molar-refractivity contribution in [2.75, 3.05) is 0 Å². The van der Waals surface area contributed by atoms with Crippen molar-refractivity contribution in [1.82, 2.24) is 14.3 Å². The van der Waals surface area contributed by atoms with E-state index in [1.807, 2.05) is 12.1 Å². The van der Waals surface area contributed by atoms with Gasteiger partial charge >= 0.3 is 5.69 Å². The summed E-state index contributed by atoms with van der Waals surface area (Å²) in [6.07, 6.45) is 2.35. The highest BCUT2D eigenvalue weighted by molar-refractivity contribution is 5.40. The van der Waals surface area contributed by atoms with Gasteiger partial charge in [0.15, 0.2) is 0 Å². The fraction of sp³-hybridized carbons (Fsp3) is 0.385. The first kappa shape index (κ1) is 11.1. The van der Waals surface area contributed by atoms with Gasteiger partial charge in [0.1, 0.15) is 18.2 Å². The molecular formula is C13H15N3O2. The molecule has 0 radical (unpaired) electrons. The molecule has 1 aliphatic rings. The molecule has 2 aromatic rings. The monoisotopic (exact) mass is 245 g/mol. The Bertz CT molecular complexity index is 642. The molecule has 1 aromatic heterocycles. The van der Waals surface area contributed by atoms with E-state index in [9.17, 15) is 4.79 Å². The van der Waals surface area contributed by atoms with Gasteiger partial charge in [0.25, 0.3) is 0 Å². The van der Waals surface area contributed by atoms with Gasteiger partial charge in [-0.05, 0) is 18.6 Å². The maximum Gasteiger partial charge on any atom is 0.345 e. The van der Waals surface area contributed by atoms with Crippen LogP contribution in [0.2, 0.25) is 0 Å². The zero-order valence-electron chi connectivity index (χ0n) is 10.5. The van der Waals surface area contributed by atoms with Crippen molar-refractivity contribution in [3.05, 3.63) is 46.1 Å². The molecule has 0 saturated heterocycles. The average molecular weight is 245 g/mol. The second-order valence-electron chi connectivity index (χ2n) is 4.76. The summed E-state index contributed by atoms with van der Waals surface area (Å²) < 4.78 is 8.73. The molecule has 1 aromatic carbocycles. The van der Waals surface area contributed by atoms with E-state index in [0.717, 1.165) is 12.2 Å². The summed E-state index contributed by atoms with van der Waals surface area (Å²) in [6, 6.07) is 6.16. The maximum absolute atomic E-state index is 11.7. The highest BCUT2D eigenvalue weighted by atomic mass is 16.5. The third kappa shape index (κ3) is 1.81. The van der Waals surface area contributed by atoms with Gasteiger partial charge in [0.2, 0.25) is 0 Å². The number of rotatable bonds is 2. The quantitative estimate of drug-likeness (QED) is 0.789. The van der Waals surface area contributed by atoms with Crippen molar-refractivity contribution in [2.45, 2.75) is 26.0 Å². The first-order chi connectivity index (χ1) is 8.63. The van der Waals surface area contributed by atoms with Gasteiger partial charge in [-0.2, -0.15) is 5.10 Å². The van der Waals surface area contributed by atoms with E-state index in [1.54, 1.807) is 7.05 Å². The molecule has 1 atom stereocenters.